The molecular formula is C12H20N2O3. The summed E-state index contributed by atoms with van der Waals surface area (Å²) in [7, 11) is 0. The van der Waals surface area contributed by atoms with Gasteiger partial charge in [0.1, 0.15) is 6.04 Å². The van der Waals surface area contributed by atoms with Crippen molar-refractivity contribution in [1.82, 2.24) is 10.2 Å². The Labute approximate surface area is 101 Å². The first-order valence-corrected chi connectivity index (χ1v) is 6.39. The zero-order chi connectivity index (χ0) is 12.5. The predicted octanol–water partition coefficient (Wildman–Crippen LogP) is 1.58. The molecule has 1 saturated heterocycles. The number of likely N-dealkylation sites (tertiary alicyclic amines) is 1. The zero-order valence-corrected chi connectivity index (χ0v) is 10.2. The highest BCUT2D eigenvalue weighted by atomic mass is 16.4. The number of carbonyl (C=O) groups is 2. The lowest BCUT2D eigenvalue weighted by atomic mass is 9.75. The second kappa shape index (κ2) is 4.55. The van der Waals surface area contributed by atoms with Crippen molar-refractivity contribution in [2.45, 2.75) is 57.0 Å². The highest BCUT2D eigenvalue weighted by molar-refractivity contribution is 5.83. The Bertz CT molecular complexity index is 320. The van der Waals surface area contributed by atoms with Gasteiger partial charge in [-0.25, -0.2) is 9.59 Å². The van der Waals surface area contributed by atoms with Crippen molar-refractivity contribution in [2.24, 2.45) is 0 Å². The average molecular weight is 240 g/mol. The van der Waals surface area contributed by atoms with Crippen LogP contribution in [0.4, 0.5) is 4.79 Å². The van der Waals surface area contributed by atoms with E-state index in [1.807, 2.05) is 0 Å². The van der Waals surface area contributed by atoms with Crippen LogP contribution >= 0.6 is 0 Å². The number of carboxylic acid groups (broad SMARTS) is 1. The quantitative estimate of drug-likeness (QED) is 0.786. The Hall–Kier alpha value is -1.26. The Morgan fingerprint density at radius 2 is 2.12 bits per heavy atom. The molecule has 1 aliphatic carbocycles. The molecule has 5 nitrogen and oxygen atoms in total. The maximum atomic E-state index is 12.1. The number of aliphatic carboxylic acids is 1. The summed E-state index contributed by atoms with van der Waals surface area (Å²) in [6, 6.07) is -0.833. The topological polar surface area (TPSA) is 69.6 Å². The number of hydrogen-bond acceptors (Lipinski definition) is 2. The fraction of sp³-hybridized carbons (Fsp3) is 0.833. The maximum absolute atomic E-state index is 12.1. The fourth-order valence-electron chi connectivity index (χ4n) is 2.74. The molecule has 2 amide bonds. The fourth-order valence-corrected chi connectivity index (χ4v) is 2.74. The minimum atomic E-state index is -0.892. The third kappa shape index (κ3) is 2.23. The van der Waals surface area contributed by atoms with E-state index < -0.39 is 12.0 Å². The number of hydrogen-bond donors (Lipinski definition) is 2. The van der Waals surface area contributed by atoms with Gasteiger partial charge in [0, 0.05) is 12.1 Å². The number of carboxylic acids is 1. The van der Waals surface area contributed by atoms with Crippen molar-refractivity contribution in [1.29, 1.82) is 0 Å². The molecule has 2 fully saturated rings. The van der Waals surface area contributed by atoms with Gasteiger partial charge >= 0.3 is 12.0 Å². The van der Waals surface area contributed by atoms with Crippen LogP contribution in [0, 0.1) is 0 Å². The number of carbonyl (C=O) groups excluding carboxylic acids is 1. The minimum Gasteiger partial charge on any atom is -0.480 e. The highest BCUT2D eigenvalue weighted by Gasteiger charge is 2.40. The molecule has 0 radical (unpaired) electrons. The van der Waals surface area contributed by atoms with E-state index in [1.54, 1.807) is 0 Å². The van der Waals surface area contributed by atoms with Crippen molar-refractivity contribution in [3.8, 4) is 0 Å². The zero-order valence-electron chi connectivity index (χ0n) is 10.2. The van der Waals surface area contributed by atoms with Gasteiger partial charge in [-0.1, -0.05) is 6.92 Å². The normalized spacial score (nSPS) is 26.4. The average Bonchev–Trinajstić information content (AvgIpc) is 2.72. The van der Waals surface area contributed by atoms with Crippen LogP contribution < -0.4 is 5.32 Å². The monoisotopic (exact) mass is 240 g/mol. The molecule has 0 bridgehead atoms. The summed E-state index contributed by atoms with van der Waals surface area (Å²) >= 11 is 0. The molecule has 17 heavy (non-hydrogen) atoms. The number of urea groups is 1. The van der Waals surface area contributed by atoms with E-state index >= 15 is 0 Å². The number of amides is 2. The third-order valence-corrected chi connectivity index (χ3v) is 4.16. The van der Waals surface area contributed by atoms with Gasteiger partial charge in [0.2, 0.25) is 0 Å². The lowest BCUT2D eigenvalue weighted by Crippen LogP contribution is -2.58. The van der Waals surface area contributed by atoms with Crippen LogP contribution in [0.25, 0.3) is 0 Å². The van der Waals surface area contributed by atoms with Gasteiger partial charge in [-0.05, 0) is 38.5 Å². The van der Waals surface area contributed by atoms with Crippen LogP contribution in [-0.2, 0) is 4.79 Å². The van der Waals surface area contributed by atoms with E-state index in [4.69, 9.17) is 5.11 Å². The lowest BCUT2D eigenvalue weighted by molar-refractivity contribution is -0.141. The van der Waals surface area contributed by atoms with Crippen LogP contribution in [0.5, 0.6) is 0 Å². The van der Waals surface area contributed by atoms with Gasteiger partial charge in [-0.2, -0.15) is 0 Å². The highest BCUT2D eigenvalue weighted by Crippen LogP contribution is 2.35. The molecule has 1 aliphatic heterocycles. The van der Waals surface area contributed by atoms with Crippen LogP contribution in [-0.4, -0.2) is 40.1 Å². The van der Waals surface area contributed by atoms with Gasteiger partial charge in [0.05, 0.1) is 0 Å². The van der Waals surface area contributed by atoms with Gasteiger partial charge in [-0.15, -0.1) is 0 Å². The number of nitrogens with one attached hydrogen (secondary N) is 1. The van der Waals surface area contributed by atoms with Gasteiger partial charge < -0.3 is 15.3 Å². The van der Waals surface area contributed by atoms with E-state index in [2.05, 4.69) is 12.2 Å². The molecule has 0 spiro atoms. The first-order valence-electron chi connectivity index (χ1n) is 6.39. The van der Waals surface area contributed by atoms with Crippen molar-refractivity contribution >= 4 is 12.0 Å². The maximum Gasteiger partial charge on any atom is 0.326 e. The first-order chi connectivity index (χ1) is 8.08. The Balaban J connectivity index is 1.97. The molecule has 1 atom stereocenters. The number of nitrogens with zero attached hydrogens (tertiary/aromatic N) is 1. The molecule has 0 aromatic rings. The van der Waals surface area contributed by atoms with Gasteiger partial charge in [0.25, 0.3) is 0 Å². The molecule has 1 saturated carbocycles. The van der Waals surface area contributed by atoms with Gasteiger partial charge in [-0.3, -0.25) is 0 Å². The summed E-state index contributed by atoms with van der Waals surface area (Å²) < 4.78 is 0. The lowest BCUT2D eigenvalue weighted by Gasteiger charge is -2.43. The second-order valence-corrected chi connectivity index (χ2v) is 5.11. The van der Waals surface area contributed by atoms with Crippen LogP contribution in [0.15, 0.2) is 0 Å². The summed E-state index contributed by atoms with van der Waals surface area (Å²) in [5, 5.41) is 12.1. The smallest absolute Gasteiger partial charge is 0.326 e. The van der Waals surface area contributed by atoms with Crippen molar-refractivity contribution in [3.63, 3.8) is 0 Å². The molecule has 1 heterocycles. The molecule has 0 aromatic heterocycles. The molecule has 0 aromatic carbocycles. The second-order valence-electron chi connectivity index (χ2n) is 5.11. The summed E-state index contributed by atoms with van der Waals surface area (Å²) in [5.41, 5.74) is -0.0667. The molecule has 2 rings (SSSR count). The Kier molecular flexibility index (Phi) is 3.26. The van der Waals surface area contributed by atoms with E-state index in [1.165, 1.54) is 4.90 Å². The molecule has 96 valence electrons. The van der Waals surface area contributed by atoms with E-state index in [0.717, 1.165) is 32.1 Å². The van der Waals surface area contributed by atoms with E-state index in [9.17, 15) is 9.59 Å². The Morgan fingerprint density at radius 3 is 2.59 bits per heavy atom. The standard InChI is InChI=1S/C12H20N2O3/c1-2-12(6-4-7-12)13-11(17)14-8-3-5-9(14)10(15)16/h9H,2-8H2,1H3,(H,13,17)(H,15,16). The van der Waals surface area contributed by atoms with Crippen LogP contribution in [0.1, 0.15) is 45.4 Å². The molecule has 5 heteroatoms. The van der Waals surface area contributed by atoms with Crippen LogP contribution in [0.3, 0.4) is 0 Å². The number of rotatable bonds is 3. The summed E-state index contributed by atoms with van der Waals surface area (Å²) in [5.74, 6) is -0.892. The largest absolute Gasteiger partial charge is 0.480 e. The van der Waals surface area contributed by atoms with Crippen molar-refractivity contribution in [2.75, 3.05) is 6.54 Å². The molecule has 2 aliphatic rings. The molecule has 2 N–H and O–H groups in total. The van der Waals surface area contributed by atoms with E-state index in [0.29, 0.717) is 13.0 Å². The van der Waals surface area contributed by atoms with Crippen molar-refractivity contribution in [3.05, 3.63) is 0 Å². The Morgan fingerprint density at radius 1 is 1.41 bits per heavy atom. The minimum absolute atomic E-state index is 0.0667. The SMILES string of the molecule is CCC1(NC(=O)N2CCCC2C(=O)O)CCC1. The molecule has 1 unspecified atom stereocenters. The summed E-state index contributed by atoms with van der Waals surface area (Å²) in [6.45, 7) is 2.63. The van der Waals surface area contributed by atoms with Crippen LogP contribution in [0.2, 0.25) is 0 Å². The van der Waals surface area contributed by atoms with Crippen molar-refractivity contribution < 1.29 is 14.7 Å². The predicted molar refractivity (Wildman–Crippen MR) is 62.8 cm³/mol. The summed E-state index contributed by atoms with van der Waals surface area (Å²) in [6.07, 6.45) is 5.45. The molecular weight excluding hydrogens is 220 g/mol. The third-order valence-electron chi connectivity index (χ3n) is 4.16. The first kappa shape index (κ1) is 12.2. The summed E-state index contributed by atoms with van der Waals surface area (Å²) in [4.78, 5) is 24.6. The van der Waals surface area contributed by atoms with Gasteiger partial charge in [0.15, 0.2) is 0 Å². The van der Waals surface area contributed by atoms with E-state index in [-0.39, 0.29) is 11.6 Å².